The Labute approximate surface area is 118 Å². The predicted octanol–water partition coefficient (Wildman–Crippen LogP) is 1.91. The van der Waals surface area contributed by atoms with Crippen molar-refractivity contribution in [1.82, 2.24) is 14.9 Å². The fourth-order valence-electron chi connectivity index (χ4n) is 2.11. The summed E-state index contributed by atoms with van der Waals surface area (Å²) < 4.78 is 0. The van der Waals surface area contributed by atoms with Gasteiger partial charge in [0.1, 0.15) is 6.04 Å². The number of pyridine rings is 1. The molecule has 0 aromatic carbocycles. The molecule has 0 fully saturated rings. The molecule has 0 radical (unpaired) electrons. The van der Waals surface area contributed by atoms with Gasteiger partial charge >= 0.3 is 0 Å². The summed E-state index contributed by atoms with van der Waals surface area (Å²) in [6, 6.07) is 7.97. The maximum absolute atomic E-state index is 5.86. The summed E-state index contributed by atoms with van der Waals surface area (Å²) >= 11 is 5.18. The van der Waals surface area contributed by atoms with Gasteiger partial charge in [-0.15, -0.1) is 0 Å². The Morgan fingerprint density at radius 2 is 2.16 bits per heavy atom. The van der Waals surface area contributed by atoms with Crippen molar-refractivity contribution in [2.45, 2.75) is 12.5 Å². The van der Waals surface area contributed by atoms with Crippen LogP contribution >= 0.6 is 12.2 Å². The highest BCUT2D eigenvalue weighted by Gasteiger charge is 2.20. The van der Waals surface area contributed by atoms with E-state index in [0.717, 1.165) is 18.7 Å². The van der Waals surface area contributed by atoms with Gasteiger partial charge in [0.15, 0.2) is 0 Å². The van der Waals surface area contributed by atoms with Gasteiger partial charge in [0, 0.05) is 30.8 Å². The quantitative estimate of drug-likeness (QED) is 0.790. The monoisotopic (exact) mass is 274 g/mol. The molecule has 0 aliphatic carbocycles. The molecule has 3 N–H and O–H groups in total. The highest BCUT2D eigenvalue weighted by atomic mass is 32.1. The van der Waals surface area contributed by atoms with Crippen molar-refractivity contribution < 1.29 is 0 Å². The Balaban J connectivity index is 2.01. The summed E-state index contributed by atoms with van der Waals surface area (Å²) in [6.07, 6.45) is 6.45. The molecule has 0 aliphatic heterocycles. The molecular weight excluding hydrogens is 256 g/mol. The van der Waals surface area contributed by atoms with Crippen molar-refractivity contribution in [3.63, 3.8) is 0 Å². The number of nitrogens with one attached hydrogen (secondary N) is 1. The summed E-state index contributed by atoms with van der Waals surface area (Å²) in [7, 11) is 2.03. The van der Waals surface area contributed by atoms with E-state index in [9.17, 15) is 0 Å². The minimum atomic E-state index is -0.0492. The van der Waals surface area contributed by atoms with E-state index >= 15 is 0 Å². The molecule has 0 saturated carbocycles. The van der Waals surface area contributed by atoms with Crippen LogP contribution < -0.4 is 5.73 Å². The molecule has 0 aliphatic rings. The maximum Gasteiger partial charge on any atom is 0.100 e. The number of hydrogen-bond acceptors (Lipinski definition) is 3. The highest BCUT2D eigenvalue weighted by Crippen LogP contribution is 2.18. The average Bonchev–Trinajstić information content (AvgIpc) is 2.91. The predicted molar refractivity (Wildman–Crippen MR) is 80.9 cm³/mol. The molecule has 19 heavy (non-hydrogen) atoms. The molecule has 2 rings (SSSR count). The number of hydrogen-bond donors (Lipinski definition) is 2. The molecule has 5 heteroatoms. The highest BCUT2D eigenvalue weighted by molar-refractivity contribution is 7.80. The molecule has 2 heterocycles. The Morgan fingerprint density at radius 1 is 1.42 bits per heavy atom. The van der Waals surface area contributed by atoms with E-state index in [2.05, 4.69) is 14.9 Å². The third-order valence-electron chi connectivity index (χ3n) is 3.13. The van der Waals surface area contributed by atoms with Crippen LogP contribution in [0.1, 0.15) is 17.3 Å². The van der Waals surface area contributed by atoms with Crippen molar-refractivity contribution in [2.24, 2.45) is 5.73 Å². The average molecular weight is 274 g/mol. The van der Waals surface area contributed by atoms with E-state index in [-0.39, 0.29) is 6.04 Å². The van der Waals surface area contributed by atoms with E-state index in [0.29, 0.717) is 4.99 Å². The van der Waals surface area contributed by atoms with Gasteiger partial charge < -0.3 is 10.7 Å². The Kier molecular flexibility index (Phi) is 4.65. The van der Waals surface area contributed by atoms with Crippen molar-refractivity contribution >= 4 is 17.2 Å². The van der Waals surface area contributed by atoms with Crippen LogP contribution in [0.4, 0.5) is 0 Å². The molecule has 0 saturated heterocycles. The standard InChI is InChI=1S/C14H18N4S/c1-18(10-6-11-4-8-16-9-5-11)13(14(15)19)12-3-2-7-17-12/h2-5,7-9,13,17H,6,10H2,1H3,(H2,15,19). The second kappa shape index (κ2) is 6.45. The number of H-pyrrole nitrogens is 1. The van der Waals surface area contributed by atoms with Crippen LogP contribution in [-0.2, 0) is 6.42 Å². The third kappa shape index (κ3) is 3.62. The minimum Gasteiger partial charge on any atom is -0.392 e. The first-order valence-electron chi connectivity index (χ1n) is 6.20. The fourth-order valence-corrected chi connectivity index (χ4v) is 2.41. The van der Waals surface area contributed by atoms with Crippen LogP contribution in [-0.4, -0.2) is 33.4 Å². The van der Waals surface area contributed by atoms with Gasteiger partial charge in [0.05, 0.1) is 4.99 Å². The first kappa shape index (κ1) is 13.7. The molecular formula is C14H18N4S. The van der Waals surface area contributed by atoms with Crippen LogP contribution in [0.2, 0.25) is 0 Å². The number of aromatic amines is 1. The lowest BCUT2D eigenvalue weighted by Gasteiger charge is -2.26. The molecule has 2 aromatic heterocycles. The summed E-state index contributed by atoms with van der Waals surface area (Å²) in [5.41, 5.74) is 8.15. The zero-order valence-electron chi connectivity index (χ0n) is 10.9. The van der Waals surface area contributed by atoms with Crippen molar-refractivity contribution in [3.05, 3.63) is 54.1 Å². The zero-order chi connectivity index (χ0) is 13.7. The van der Waals surface area contributed by atoms with Crippen LogP contribution in [0, 0.1) is 0 Å². The Hall–Kier alpha value is -1.72. The summed E-state index contributed by atoms with van der Waals surface area (Å²) in [5, 5.41) is 0. The molecule has 0 bridgehead atoms. The minimum absolute atomic E-state index is 0.0492. The molecule has 0 spiro atoms. The summed E-state index contributed by atoms with van der Waals surface area (Å²) in [6.45, 7) is 0.880. The van der Waals surface area contributed by atoms with E-state index in [4.69, 9.17) is 18.0 Å². The van der Waals surface area contributed by atoms with Gasteiger partial charge in [-0.25, -0.2) is 0 Å². The third-order valence-corrected chi connectivity index (χ3v) is 3.35. The van der Waals surface area contributed by atoms with Gasteiger partial charge in [-0.3, -0.25) is 9.88 Å². The maximum atomic E-state index is 5.86. The van der Waals surface area contributed by atoms with Gasteiger partial charge in [-0.1, -0.05) is 12.2 Å². The van der Waals surface area contributed by atoms with E-state index < -0.39 is 0 Å². The van der Waals surface area contributed by atoms with Crippen molar-refractivity contribution in [3.8, 4) is 0 Å². The van der Waals surface area contributed by atoms with Crippen LogP contribution in [0.15, 0.2) is 42.9 Å². The van der Waals surface area contributed by atoms with Gasteiger partial charge in [0.25, 0.3) is 0 Å². The number of nitrogens with two attached hydrogens (primary N) is 1. The number of nitrogens with zero attached hydrogens (tertiary/aromatic N) is 2. The lowest BCUT2D eigenvalue weighted by Crippen LogP contribution is -2.35. The Morgan fingerprint density at radius 3 is 2.74 bits per heavy atom. The van der Waals surface area contributed by atoms with Crippen molar-refractivity contribution in [1.29, 1.82) is 0 Å². The molecule has 2 aromatic rings. The first-order chi connectivity index (χ1) is 9.18. The van der Waals surface area contributed by atoms with Crippen molar-refractivity contribution in [2.75, 3.05) is 13.6 Å². The largest absolute Gasteiger partial charge is 0.392 e. The van der Waals surface area contributed by atoms with Gasteiger partial charge in [-0.2, -0.15) is 0 Å². The number of thiocarbonyl (C=S) groups is 1. The topological polar surface area (TPSA) is 57.9 Å². The lowest BCUT2D eigenvalue weighted by molar-refractivity contribution is 0.302. The second-order valence-electron chi connectivity index (χ2n) is 4.52. The van der Waals surface area contributed by atoms with Gasteiger partial charge in [-0.05, 0) is 43.3 Å². The van der Waals surface area contributed by atoms with E-state index in [1.807, 2.05) is 49.9 Å². The first-order valence-corrected chi connectivity index (χ1v) is 6.61. The summed E-state index contributed by atoms with van der Waals surface area (Å²) in [4.78, 5) is 9.84. The number of aromatic nitrogens is 2. The second-order valence-corrected chi connectivity index (χ2v) is 4.99. The SMILES string of the molecule is CN(CCc1ccncc1)C(C(N)=S)c1ccc[nH]1. The zero-order valence-corrected chi connectivity index (χ0v) is 11.7. The van der Waals surface area contributed by atoms with Gasteiger partial charge in [0.2, 0.25) is 0 Å². The van der Waals surface area contributed by atoms with Crippen LogP contribution in [0.25, 0.3) is 0 Å². The van der Waals surface area contributed by atoms with Crippen LogP contribution in [0.3, 0.4) is 0 Å². The molecule has 100 valence electrons. The molecule has 0 amide bonds. The number of likely N-dealkylation sites (N-methyl/N-ethyl adjacent to an activating group) is 1. The lowest BCUT2D eigenvalue weighted by atomic mass is 10.1. The smallest absolute Gasteiger partial charge is 0.100 e. The number of rotatable bonds is 6. The normalized spacial score (nSPS) is 12.5. The fraction of sp³-hybridized carbons (Fsp3) is 0.286. The van der Waals surface area contributed by atoms with Crippen LogP contribution in [0.5, 0.6) is 0 Å². The Bertz CT molecular complexity index is 510. The molecule has 1 atom stereocenters. The van der Waals surface area contributed by atoms with E-state index in [1.165, 1.54) is 5.56 Å². The van der Waals surface area contributed by atoms with E-state index in [1.54, 1.807) is 0 Å². The molecule has 4 nitrogen and oxygen atoms in total. The summed E-state index contributed by atoms with van der Waals surface area (Å²) in [5.74, 6) is 0. The molecule has 1 unspecified atom stereocenters.